The van der Waals surface area contributed by atoms with E-state index in [-0.39, 0.29) is 11.7 Å². The Morgan fingerprint density at radius 1 is 1.21 bits per heavy atom. The predicted octanol–water partition coefficient (Wildman–Crippen LogP) is 2.89. The molecule has 0 aliphatic carbocycles. The van der Waals surface area contributed by atoms with Gasteiger partial charge < -0.3 is 4.90 Å². The summed E-state index contributed by atoms with van der Waals surface area (Å²) in [5.41, 5.74) is 0.815. The van der Waals surface area contributed by atoms with Gasteiger partial charge in [0.25, 0.3) is 5.91 Å². The summed E-state index contributed by atoms with van der Waals surface area (Å²) in [6, 6.07) is 6.09. The number of aliphatic imine (C=N–C) groups is 1. The number of thioether (sulfide) groups is 1. The standard InChI is InChI=1S/C14H13FN2OS/c15-11-5-3-10(4-6-11)9-12-13(18)16-14(19-12)17-7-1-2-8-17/h3-6,9H,1-2,7-8H2/b12-9-. The van der Waals surface area contributed by atoms with Gasteiger partial charge in [0, 0.05) is 13.1 Å². The van der Waals surface area contributed by atoms with Crippen molar-refractivity contribution in [3.63, 3.8) is 0 Å². The zero-order valence-corrected chi connectivity index (χ0v) is 11.1. The highest BCUT2D eigenvalue weighted by Crippen LogP contribution is 2.31. The molecule has 0 atom stereocenters. The van der Waals surface area contributed by atoms with E-state index in [1.807, 2.05) is 0 Å². The van der Waals surface area contributed by atoms with E-state index >= 15 is 0 Å². The molecule has 1 aromatic rings. The Hall–Kier alpha value is -1.62. The fourth-order valence-corrected chi connectivity index (χ4v) is 3.12. The van der Waals surface area contributed by atoms with Gasteiger partial charge in [0.2, 0.25) is 0 Å². The van der Waals surface area contributed by atoms with Gasteiger partial charge in [-0.15, -0.1) is 0 Å². The predicted molar refractivity (Wildman–Crippen MR) is 75.2 cm³/mol. The zero-order valence-electron chi connectivity index (χ0n) is 10.3. The number of hydrogen-bond acceptors (Lipinski definition) is 3. The van der Waals surface area contributed by atoms with Gasteiger partial charge in [-0.1, -0.05) is 12.1 Å². The van der Waals surface area contributed by atoms with E-state index in [1.165, 1.54) is 23.9 Å². The van der Waals surface area contributed by atoms with Gasteiger partial charge in [-0.25, -0.2) is 4.39 Å². The van der Waals surface area contributed by atoms with Crippen LogP contribution in [0.1, 0.15) is 18.4 Å². The van der Waals surface area contributed by atoms with Gasteiger partial charge in [-0.05, 0) is 48.4 Å². The molecule has 3 nitrogen and oxygen atoms in total. The van der Waals surface area contributed by atoms with Crippen LogP contribution in [0.3, 0.4) is 0 Å². The summed E-state index contributed by atoms with van der Waals surface area (Å²) in [7, 11) is 0. The first-order chi connectivity index (χ1) is 9.22. The summed E-state index contributed by atoms with van der Waals surface area (Å²) in [6.07, 6.45) is 4.08. The third-order valence-electron chi connectivity index (χ3n) is 3.15. The molecule has 1 saturated heterocycles. The third kappa shape index (κ3) is 2.71. The van der Waals surface area contributed by atoms with Gasteiger partial charge in [-0.3, -0.25) is 4.79 Å². The molecule has 2 aliphatic heterocycles. The lowest BCUT2D eigenvalue weighted by atomic mass is 10.2. The van der Waals surface area contributed by atoms with Crippen LogP contribution in [0.15, 0.2) is 34.2 Å². The van der Waals surface area contributed by atoms with Crippen molar-refractivity contribution in [2.24, 2.45) is 4.99 Å². The van der Waals surface area contributed by atoms with E-state index in [0.29, 0.717) is 4.91 Å². The Morgan fingerprint density at radius 2 is 1.89 bits per heavy atom. The largest absolute Gasteiger partial charge is 0.351 e. The number of amides is 1. The SMILES string of the molecule is O=C1N=C(N2CCCC2)S/C1=C\c1ccc(F)cc1. The minimum Gasteiger partial charge on any atom is -0.351 e. The van der Waals surface area contributed by atoms with Crippen LogP contribution in [0.2, 0.25) is 0 Å². The fourth-order valence-electron chi connectivity index (χ4n) is 2.15. The number of benzene rings is 1. The smallest absolute Gasteiger partial charge is 0.286 e. The summed E-state index contributed by atoms with van der Waals surface area (Å²) in [6.45, 7) is 1.95. The van der Waals surface area contributed by atoms with E-state index in [1.54, 1.807) is 18.2 Å². The molecular weight excluding hydrogens is 263 g/mol. The van der Waals surface area contributed by atoms with Crippen LogP contribution in [0.5, 0.6) is 0 Å². The number of likely N-dealkylation sites (tertiary alicyclic amines) is 1. The van der Waals surface area contributed by atoms with Crippen LogP contribution >= 0.6 is 11.8 Å². The van der Waals surface area contributed by atoms with Crippen molar-refractivity contribution in [3.8, 4) is 0 Å². The summed E-state index contributed by atoms with van der Waals surface area (Å²) in [4.78, 5) is 18.7. The Labute approximate surface area is 115 Å². The van der Waals surface area contributed by atoms with Gasteiger partial charge in [-0.2, -0.15) is 4.99 Å². The van der Waals surface area contributed by atoms with Crippen LogP contribution in [0, 0.1) is 5.82 Å². The van der Waals surface area contributed by atoms with Crippen molar-refractivity contribution in [3.05, 3.63) is 40.6 Å². The lowest BCUT2D eigenvalue weighted by Gasteiger charge is -2.14. The maximum atomic E-state index is 12.8. The Morgan fingerprint density at radius 3 is 2.58 bits per heavy atom. The normalized spacial score (nSPS) is 21.3. The molecule has 0 bridgehead atoms. The zero-order chi connectivity index (χ0) is 13.2. The molecule has 0 saturated carbocycles. The van der Waals surface area contributed by atoms with Crippen molar-refractivity contribution < 1.29 is 9.18 Å². The summed E-state index contributed by atoms with van der Waals surface area (Å²) >= 11 is 1.41. The molecule has 0 unspecified atom stereocenters. The van der Waals surface area contributed by atoms with Crippen LogP contribution < -0.4 is 0 Å². The number of carbonyl (C=O) groups excluding carboxylic acids is 1. The maximum Gasteiger partial charge on any atom is 0.286 e. The van der Waals surface area contributed by atoms with E-state index in [2.05, 4.69) is 9.89 Å². The van der Waals surface area contributed by atoms with Crippen molar-refractivity contribution in [1.82, 2.24) is 4.90 Å². The number of nitrogens with zero attached hydrogens (tertiary/aromatic N) is 2. The molecule has 0 radical (unpaired) electrons. The molecule has 2 aliphatic rings. The van der Waals surface area contributed by atoms with Gasteiger partial charge in [0.1, 0.15) is 5.82 Å². The van der Waals surface area contributed by atoms with Gasteiger partial charge >= 0.3 is 0 Å². The van der Waals surface area contributed by atoms with Crippen LogP contribution in [0.4, 0.5) is 4.39 Å². The molecule has 0 spiro atoms. The first-order valence-corrected chi connectivity index (χ1v) is 7.07. The van der Waals surface area contributed by atoms with Crippen molar-refractivity contribution >= 4 is 28.9 Å². The van der Waals surface area contributed by atoms with E-state index in [4.69, 9.17) is 0 Å². The first kappa shape index (κ1) is 12.4. The molecule has 0 aromatic heterocycles. The Balaban J connectivity index is 1.77. The van der Waals surface area contributed by atoms with E-state index in [9.17, 15) is 9.18 Å². The Bertz CT molecular complexity index is 559. The molecule has 1 amide bonds. The highest BCUT2D eigenvalue weighted by Gasteiger charge is 2.27. The summed E-state index contributed by atoms with van der Waals surface area (Å²) < 4.78 is 12.8. The van der Waals surface area contributed by atoms with Crippen molar-refractivity contribution in [2.75, 3.05) is 13.1 Å². The number of carbonyl (C=O) groups is 1. The van der Waals surface area contributed by atoms with E-state index in [0.717, 1.165) is 36.7 Å². The first-order valence-electron chi connectivity index (χ1n) is 6.25. The topological polar surface area (TPSA) is 32.7 Å². The van der Waals surface area contributed by atoms with Gasteiger partial charge in [0.15, 0.2) is 5.17 Å². The summed E-state index contributed by atoms with van der Waals surface area (Å²) in [5, 5.41) is 0.802. The molecule has 1 fully saturated rings. The average Bonchev–Trinajstić information content (AvgIpc) is 3.03. The molecule has 0 N–H and O–H groups in total. The second-order valence-corrected chi connectivity index (χ2v) is 5.56. The monoisotopic (exact) mass is 276 g/mol. The van der Waals surface area contributed by atoms with Crippen LogP contribution in [0.25, 0.3) is 6.08 Å². The van der Waals surface area contributed by atoms with Gasteiger partial charge in [0.05, 0.1) is 4.91 Å². The highest BCUT2D eigenvalue weighted by atomic mass is 32.2. The molecule has 98 valence electrons. The Kier molecular flexibility index (Phi) is 3.38. The minimum atomic E-state index is -0.276. The second-order valence-electron chi connectivity index (χ2n) is 4.56. The molecule has 5 heteroatoms. The van der Waals surface area contributed by atoms with Crippen LogP contribution in [-0.4, -0.2) is 29.1 Å². The number of hydrogen-bond donors (Lipinski definition) is 0. The number of halogens is 1. The number of rotatable bonds is 1. The van der Waals surface area contributed by atoms with E-state index < -0.39 is 0 Å². The molecule has 1 aromatic carbocycles. The maximum absolute atomic E-state index is 12.8. The lowest BCUT2D eigenvalue weighted by Crippen LogP contribution is -2.23. The van der Waals surface area contributed by atoms with Crippen LogP contribution in [-0.2, 0) is 4.79 Å². The lowest BCUT2D eigenvalue weighted by molar-refractivity contribution is -0.113. The molecule has 2 heterocycles. The molecular formula is C14H13FN2OS. The third-order valence-corrected chi connectivity index (χ3v) is 4.20. The summed E-state index contributed by atoms with van der Waals surface area (Å²) in [5.74, 6) is -0.474. The van der Waals surface area contributed by atoms with Crippen molar-refractivity contribution in [1.29, 1.82) is 0 Å². The molecule has 19 heavy (non-hydrogen) atoms. The van der Waals surface area contributed by atoms with Crippen molar-refractivity contribution in [2.45, 2.75) is 12.8 Å². The average molecular weight is 276 g/mol. The number of amidine groups is 1. The molecule has 3 rings (SSSR count). The quantitative estimate of drug-likeness (QED) is 0.739. The second kappa shape index (κ2) is 5.17. The fraction of sp³-hybridized carbons (Fsp3) is 0.286. The highest BCUT2D eigenvalue weighted by molar-refractivity contribution is 8.18. The minimum absolute atomic E-state index is 0.198.